The van der Waals surface area contributed by atoms with E-state index < -0.39 is 11.9 Å². The van der Waals surface area contributed by atoms with Crippen LogP contribution in [0.5, 0.6) is 0 Å². The quantitative estimate of drug-likeness (QED) is 0.805. The van der Waals surface area contributed by atoms with Crippen LogP contribution in [0.15, 0.2) is 36.5 Å². The van der Waals surface area contributed by atoms with Crippen LogP contribution in [0.1, 0.15) is 35.3 Å². The van der Waals surface area contributed by atoms with Crippen molar-refractivity contribution < 1.29 is 18.0 Å². The van der Waals surface area contributed by atoms with Crippen molar-refractivity contribution in [3.8, 4) is 5.69 Å². The van der Waals surface area contributed by atoms with Gasteiger partial charge in [0.25, 0.3) is 5.91 Å². The Morgan fingerprint density at radius 1 is 1.33 bits per heavy atom. The molecule has 1 unspecified atom stereocenters. The topological polar surface area (TPSA) is 59.0 Å². The van der Waals surface area contributed by atoms with E-state index in [-0.39, 0.29) is 18.3 Å². The summed E-state index contributed by atoms with van der Waals surface area (Å²) in [7, 11) is 0. The number of halogens is 4. The Hall–Kier alpha value is -2.06. The first kappa shape index (κ1) is 21.2. The summed E-state index contributed by atoms with van der Waals surface area (Å²) in [6.45, 7) is 2.61. The van der Waals surface area contributed by atoms with Crippen molar-refractivity contribution in [3.05, 3.63) is 47.8 Å². The Kier molecular flexibility index (Phi) is 7.26. The molecule has 3 rings (SSSR count). The third kappa shape index (κ3) is 5.71. The number of hydrogen-bond acceptors (Lipinski definition) is 3. The lowest BCUT2D eigenvalue weighted by atomic mass is 9.96. The van der Waals surface area contributed by atoms with Crippen molar-refractivity contribution in [2.45, 2.75) is 25.4 Å². The van der Waals surface area contributed by atoms with Gasteiger partial charge in [-0.05, 0) is 62.5 Å². The number of benzene rings is 1. The summed E-state index contributed by atoms with van der Waals surface area (Å²) < 4.78 is 39.1. The Morgan fingerprint density at radius 3 is 2.81 bits per heavy atom. The molecule has 0 saturated carbocycles. The van der Waals surface area contributed by atoms with Gasteiger partial charge in [-0.25, -0.2) is 4.68 Å². The highest BCUT2D eigenvalue weighted by Crippen LogP contribution is 2.27. The van der Waals surface area contributed by atoms with Gasteiger partial charge in [0.05, 0.1) is 5.69 Å². The molecule has 9 heteroatoms. The highest BCUT2D eigenvalue weighted by molar-refractivity contribution is 5.94. The number of nitrogens with zero attached hydrogens (tertiary/aromatic N) is 2. The molecule has 1 fully saturated rings. The van der Waals surface area contributed by atoms with Crippen molar-refractivity contribution in [2.24, 2.45) is 5.92 Å². The first-order valence-corrected chi connectivity index (χ1v) is 8.66. The maximum atomic E-state index is 12.7. The van der Waals surface area contributed by atoms with Crippen LogP contribution in [-0.2, 0) is 6.18 Å². The highest BCUT2D eigenvalue weighted by Gasteiger charge is 2.33. The third-order valence-electron chi connectivity index (χ3n) is 4.49. The van der Waals surface area contributed by atoms with Gasteiger partial charge in [-0.2, -0.15) is 18.3 Å². The number of aromatic nitrogens is 2. The zero-order valence-corrected chi connectivity index (χ0v) is 15.4. The van der Waals surface area contributed by atoms with Crippen LogP contribution in [0, 0.1) is 5.92 Å². The molecule has 1 atom stereocenters. The molecule has 1 aliphatic heterocycles. The van der Waals surface area contributed by atoms with Crippen LogP contribution in [-0.4, -0.2) is 35.3 Å². The minimum atomic E-state index is -4.49. The van der Waals surface area contributed by atoms with Crippen molar-refractivity contribution in [1.29, 1.82) is 0 Å². The van der Waals surface area contributed by atoms with Gasteiger partial charge >= 0.3 is 6.18 Å². The van der Waals surface area contributed by atoms with Gasteiger partial charge in [-0.1, -0.05) is 6.07 Å². The van der Waals surface area contributed by atoms with Crippen molar-refractivity contribution in [1.82, 2.24) is 20.4 Å². The van der Waals surface area contributed by atoms with E-state index in [1.54, 1.807) is 18.2 Å². The van der Waals surface area contributed by atoms with E-state index in [4.69, 9.17) is 0 Å². The molecule has 1 amide bonds. The van der Waals surface area contributed by atoms with E-state index >= 15 is 0 Å². The molecule has 148 valence electrons. The van der Waals surface area contributed by atoms with Crippen molar-refractivity contribution >= 4 is 18.3 Å². The predicted octanol–water partition coefficient (Wildman–Crippen LogP) is 3.43. The standard InChI is InChI=1S/C18H21F3N4O.ClH/c19-18(20,21)16-7-10-25(24-16)15-5-1-4-14(11-15)17(26)23-9-6-13-3-2-8-22-12-13;/h1,4-5,7,10-11,13,22H,2-3,6,8-9,12H2,(H,23,26);1H. The molecular weight excluding hydrogens is 381 g/mol. The molecule has 1 aliphatic rings. The van der Waals surface area contributed by atoms with Gasteiger partial charge in [-0.3, -0.25) is 4.79 Å². The second-order valence-electron chi connectivity index (χ2n) is 6.45. The maximum absolute atomic E-state index is 12.7. The lowest BCUT2D eigenvalue weighted by molar-refractivity contribution is -0.141. The SMILES string of the molecule is Cl.O=C(NCCC1CCCNC1)c1cccc(-n2ccc(C(F)(F)F)n2)c1. The Bertz CT molecular complexity index is 757. The Balaban J connectivity index is 0.00000261. The molecule has 0 bridgehead atoms. The first-order chi connectivity index (χ1) is 12.4. The highest BCUT2D eigenvalue weighted by atomic mass is 35.5. The molecule has 5 nitrogen and oxygen atoms in total. The molecule has 0 aliphatic carbocycles. The average Bonchev–Trinajstić information content (AvgIpc) is 3.13. The van der Waals surface area contributed by atoms with Gasteiger partial charge < -0.3 is 10.6 Å². The zero-order valence-electron chi connectivity index (χ0n) is 14.6. The largest absolute Gasteiger partial charge is 0.435 e. The van der Waals surface area contributed by atoms with E-state index in [0.717, 1.165) is 36.7 Å². The summed E-state index contributed by atoms with van der Waals surface area (Å²) in [5.41, 5.74) is -0.161. The van der Waals surface area contributed by atoms with E-state index in [1.807, 2.05) is 0 Å². The maximum Gasteiger partial charge on any atom is 0.435 e. The molecule has 2 N–H and O–H groups in total. The zero-order chi connectivity index (χ0) is 18.6. The summed E-state index contributed by atoms with van der Waals surface area (Å²) in [5, 5.41) is 9.75. The number of carbonyl (C=O) groups is 1. The monoisotopic (exact) mass is 402 g/mol. The second kappa shape index (κ2) is 9.23. The van der Waals surface area contributed by atoms with E-state index in [1.165, 1.54) is 18.7 Å². The predicted molar refractivity (Wildman–Crippen MR) is 98.4 cm³/mol. The van der Waals surface area contributed by atoms with Crippen LogP contribution < -0.4 is 10.6 Å². The molecule has 1 saturated heterocycles. The van der Waals surface area contributed by atoms with Crippen LogP contribution in [0.25, 0.3) is 5.69 Å². The number of amides is 1. The minimum Gasteiger partial charge on any atom is -0.352 e. The van der Waals surface area contributed by atoms with Gasteiger partial charge in [0.15, 0.2) is 5.69 Å². The van der Waals surface area contributed by atoms with E-state index in [2.05, 4.69) is 15.7 Å². The van der Waals surface area contributed by atoms with Crippen LogP contribution in [0.3, 0.4) is 0 Å². The molecule has 2 heterocycles. The fraction of sp³-hybridized carbons (Fsp3) is 0.444. The number of hydrogen-bond donors (Lipinski definition) is 2. The first-order valence-electron chi connectivity index (χ1n) is 8.66. The van der Waals surface area contributed by atoms with Crippen LogP contribution in [0.2, 0.25) is 0 Å². The molecule has 0 spiro atoms. The normalized spacial score (nSPS) is 17.2. The molecule has 2 aromatic rings. The van der Waals surface area contributed by atoms with Gasteiger partial charge in [0, 0.05) is 18.3 Å². The third-order valence-corrected chi connectivity index (χ3v) is 4.49. The van der Waals surface area contributed by atoms with Crippen LogP contribution in [0.4, 0.5) is 13.2 Å². The Labute approximate surface area is 161 Å². The van der Waals surface area contributed by atoms with Crippen LogP contribution >= 0.6 is 12.4 Å². The molecule has 27 heavy (non-hydrogen) atoms. The van der Waals surface area contributed by atoms with Crippen molar-refractivity contribution in [2.75, 3.05) is 19.6 Å². The fourth-order valence-corrected chi connectivity index (χ4v) is 3.07. The second-order valence-corrected chi connectivity index (χ2v) is 6.45. The summed E-state index contributed by atoms with van der Waals surface area (Å²) in [5.74, 6) is 0.332. The Morgan fingerprint density at radius 2 is 2.15 bits per heavy atom. The fourth-order valence-electron chi connectivity index (χ4n) is 3.07. The van der Waals surface area contributed by atoms with Crippen molar-refractivity contribution in [3.63, 3.8) is 0 Å². The lowest BCUT2D eigenvalue weighted by Gasteiger charge is -2.22. The lowest BCUT2D eigenvalue weighted by Crippen LogP contribution is -2.33. The van der Waals surface area contributed by atoms with Gasteiger partial charge in [0.2, 0.25) is 0 Å². The summed E-state index contributed by atoms with van der Waals surface area (Å²) in [6, 6.07) is 7.31. The summed E-state index contributed by atoms with van der Waals surface area (Å²) >= 11 is 0. The van der Waals surface area contributed by atoms with Gasteiger partial charge in [-0.15, -0.1) is 12.4 Å². The number of carbonyl (C=O) groups excluding carboxylic acids is 1. The average molecular weight is 403 g/mol. The summed E-state index contributed by atoms with van der Waals surface area (Å²) in [4.78, 5) is 12.3. The number of alkyl halides is 3. The molecular formula is C18H22ClF3N4O. The molecule has 1 aromatic carbocycles. The smallest absolute Gasteiger partial charge is 0.352 e. The van der Waals surface area contributed by atoms with Gasteiger partial charge in [0.1, 0.15) is 0 Å². The van der Waals surface area contributed by atoms with E-state index in [0.29, 0.717) is 23.7 Å². The number of rotatable bonds is 5. The summed E-state index contributed by atoms with van der Waals surface area (Å²) in [6.07, 6.45) is -0.0275. The van der Waals surface area contributed by atoms with E-state index in [9.17, 15) is 18.0 Å². The number of nitrogens with one attached hydrogen (secondary N) is 2. The molecule has 1 aromatic heterocycles. The number of piperidine rings is 1. The molecule has 0 radical (unpaired) electrons. The minimum absolute atomic E-state index is 0.